The second-order valence-corrected chi connectivity index (χ2v) is 2.86. The van der Waals surface area contributed by atoms with Crippen molar-refractivity contribution in [1.29, 1.82) is 0 Å². The first kappa shape index (κ1) is 9.04. The molecule has 0 aromatic rings. The Morgan fingerprint density at radius 1 is 1.75 bits per heavy atom. The third-order valence-corrected chi connectivity index (χ3v) is 1.80. The van der Waals surface area contributed by atoms with Crippen LogP contribution < -0.4 is 0 Å². The molecule has 2 heteroatoms. The van der Waals surface area contributed by atoms with E-state index in [-0.39, 0.29) is 5.97 Å². The van der Waals surface area contributed by atoms with Gasteiger partial charge in [-0.2, -0.15) is 0 Å². The van der Waals surface area contributed by atoms with Crippen LogP contribution in [0, 0.1) is 0 Å². The number of esters is 1. The summed E-state index contributed by atoms with van der Waals surface area (Å²) in [5, 5.41) is 0. The van der Waals surface area contributed by atoms with Gasteiger partial charge in [-0.05, 0) is 25.3 Å². The van der Waals surface area contributed by atoms with Gasteiger partial charge in [-0.3, -0.25) is 4.79 Å². The van der Waals surface area contributed by atoms with E-state index in [0.717, 1.165) is 25.0 Å². The maximum Gasteiger partial charge on any atom is 0.311 e. The van der Waals surface area contributed by atoms with E-state index >= 15 is 0 Å². The Morgan fingerprint density at radius 2 is 2.58 bits per heavy atom. The number of allylic oxidation sites excluding steroid dienone is 3. The molecule has 66 valence electrons. The zero-order valence-corrected chi connectivity index (χ0v) is 7.21. The van der Waals surface area contributed by atoms with Crippen LogP contribution in [0.2, 0.25) is 0 Å². The Morgan fingerprint density at radius 3 is 3.17 bits per heavy atom. The van der Waals surface area contributed by atoms with Crippen LogP contribution in [0.15, 0.2) is 24.5 Å². The van der Waals surface area contributed by atoms with E-state index in [9.17, 15) is 4.79 Å². The predicted molar refractivity (Wildman–Crippen MR) is 47.5 cm³/mol. The third-order valence-electron chi connectivity index (χ3n) is 1.80. The molecular formula is C10H14O2. The molecule has 0 aliphatic heterocycles. The van der Waals surface area contributed by atoms with Gasteiger partial charge < -0.3 is 4.74 Å². The van der Waals surface area contributed by atoms with Gasteiger partial charge in [0.25, 0.3) is 0 Å². The van der Waals surface area contributed by atoms with Crippen molar-refractivity contribution in [3.63, 3.8) is 0 Å². The van der Waals surface area contributed by atoms with Gasteiger partial charge >= 0.3 is 5.97 Å². The Hall–Kier alpha value is -1.05. The third kappa shape index (κ3) is 2.91. The molecule has 1 aliphatic carbocycles. The molecule has 1 aliphatic rings. The molecule has 0 saturated carbocycles. The van der Waals surface area contributed by atoms with Gasteiger partial charge in [-0.25, -0.2) is 0 Å². The summed E-state index contributed by atoms with van der Waals surface area (Å²) < 4.78 is 5.09. The largest absolute Gasteiger partial charge is 0.431 e. The van der Waals surface area contributed by atoms with E-state index in [1.807, 2.05) is 6.08 Å². The van der Waals surface area contributed by atoms with Crippen LogP contribution in [-0.4, -0.2) is 5.97 Å². The minimum absolute atomic E-state index is 0.136. The van der Waals surface area contributed by atoms with Crippen LogP contribution in [0.1, 0.15) is 32.1 Å². The summed E-state index contributed by atoms with van der Waals surface area (Å²) in [5.74, 6) is 0.715. The van der Waals surface area contributed by atoms with Crippen molar-refractivity contribution in [2.45, 2.75) is 32.1 Å². The number of hydrogen-bond donors (Lipinski definition) is 0. The summed E-state index contributed by atoms with van der Waals surface area (Å²) in [5.41, 5.74) is 0. The Bertz CT molecular complexity index is 204. The molecule has 2 nitrogen and oxygen atoms in total. The average molecular weight is 166 g/mol. The molecule has 0 amide bonds. The van der Waals surface area contributed by atoms with Gasteiger partial charge in [0.15, 0.2) is 0 Å². The van der Waals surface area contributed by atoms with Crippen LogP contribution in [0.5, 0.6) is 0 Å². The Labute approximate surface area is 72.9 Å². The highest BCUT2D eigenvalue weighted by Gasteiger charge is 2.09. The first-order valence-corrected chi connectivity index (χ1v) is 4.33. The number of ether oxygens (including phenoxy) is 1. The molecule has 0 atom stereocenters. The Balaban J connectivity index is 2.21. The lowest BCUT2D eigenvalue weighted by atomic mass is 10.3. The quantitative estimate of drug-likeness (QED) is 0.474. The lowest BCUT2D eigenvalue weighted by Gasteiger charge is -2.02. The molecule has 0 aromatic heterocycles. The molecule has 0 aromatic carbocycles. The van der Waals surface area contributed by atoms with Crippen LogP contribution in [0.3, 0.4) is 0 Å². The second kappa shape index (κ2) is 4.75. The monoisotopic (exact) mass is 166 g/mol. The topological polar surface area (TPSA) is 26.3 Å². The maximum absolute atomic E-state index is 11.0. The van der Waals surface area contributed by atoms with Crippen molar-refractivity contribution in [3.05, 3.63) is 24.5 Å². The SMILES string of the molecule is C=CCCC(=O)OC1=CCCC1. The van der Waals surface area contributed by atoms with Gasteiger partial charge in [-0.15, -0.1) is 6.58 Å². The molecule has 0 heterocycles. The Kier molecular flexibility index (Phi) is 3.58. The minimum Gasteiger partial charge on any atom is -0.431 e. The van der Waals surface area contributed by atoms with E-state index in [0.29, 0.717) is 12.8 Å². The molecule has 0 spiro atoms. The van der Waals surface area contributed by atoms with Gasteiger partial charge in [0, 0.05) is 12.8 Å². The zero-order valence-electron chi connectivity index (χ0n) is 7.21. The van der Waals surface area contributed by atoms with E-state index < -0.39 is 0 Å². The van der Waals surface area contributed by atoms with E-state index in [4.69, 9.17) is 4.74 Å². The summed E-state index contributed by atoms with van der Waals surface area (Å²) in [6.45, 7) is 3.54. The maximum atomic E-state index is 11.0. The molecule has 0 unspecified atom stereocenters. The van der Waals surface area contributed by atoms with Gasteiger partial charge in [0.2, 0.25) is 0 Å². The van der Waals surface area contributed by atoms with E-state index in [1.54, 1.807) is 6.08 Å². The van der Waals surface area contributed by atoms with Gasteiger partial charge in [0.1, 0.15) is 5.76 Å². The highest BCUT2D eigenvalue weighted by Crippen LogP contribution is 2.18. The van der Waals surface area contributed by atoms with Crippen molar-refractivity contribution in [3.8, 4) is 0 Å². The molecule has 0 saturated heterocycles. The fraction of sp³-hybridized carbons (Fsp3) is 0.500. The smallest absolute Gasteiger partial charge is 0.311 e. The molecule has 0 radical (unpaired) electrons. The van der Waals surface area contributed by atoms with Crippen LogP contribution in [0.4, 0.5) is 0 Å². The molecule has 0 fully saturated rings. The number of hydrogen-bond acceptors (Lipinski definition) is 2. The normalized spacial score (nSPS) is 15.5. The lowest BCUT2D eigenvalue weighted by Crippen LogP contribution is -2.02. The molecule has 1 rings (SSSR count). The average Bonchev–Trinajstić information content (AvgIpc) is 2.53. The first-order valence-electron chi connectivity index (χ1n) is 4.33. The van der Waals surface area contributed by atoms with Crippen molar-refractivity contribution < 1.29 is 9.53 Å². The highest BCUT2D eigenvalue weighted by atomic mass is 16.5. The summed E-state index contributed by atoms with van der Waals surface area (Å²) >= 11 is 0. The fourth-order valence-corrected chi connectivity index (χ4v) is 1.15. The van der Waals surface area contributed by atoms with Gasteiger partial charge in [0.05, 0.1) is 0 Å². The zero-order chi connectivity index (χ0) is 8.81. The minimum atomic E-state index is -0.136. The van der Waals surface area contributed by atoms with Crippen molar-refractivity contribution in [1.82, 2.24) is 0 Å². The molecule has 0 N–H and O–H groups in total. The van der Waals surface area contributed by atoms with E-state index in [1.165, 1.54) is 0 Å². The van der Waals surface area contributed by atoms with Crippen molar-refractivity contribution in [2.24, 2.45) is 0 Å². The second-order valence-electron chi connectivity index (χ2n) is 2.86. The summed E-state index contributed by atoms with van der Waals surface area (Å²) in [6, 6.07) is 0. The number of rotatable bonds is 4. The van der Waals surface area contributed by atoms with Crippen LogP contribution in [0.25, 0.3) is 0 Å². The highest BCUT2D eigenvalue weighted by molar-refractivity contribution is 5.70. The number of carbonyl (C=O) groups excluding carboxylic acids is 1. The summed E-state index contributed by atoms with van der Waals surface area (Å²) in [6.07, 6.45) is 7.94. The standard InChI is InChI=1S/C10H14O2/c1-2-3-8-10(11)12-9-6-4-5-7-9/h2,6H,1,3-5,7-8H2. The predicted octanol–water partition coefficient (Wildman–Crippen LogP) is 2.56. The first-order chi connectivity index (χ1) is 5.83. The number of carbonyl (C=O) groups is 1. The molecular weight excluding hydrogens is 152 g/mol. The van der Waals surface area contributed by atoms with Crippen molar-refractivity contribution >= 4 is 5.97 Å². The molecule has 12 heavy (non-hydrogen) atoms. The van der Waals surface area contributed by atoms with E-state index in [2.05, 4.69) is 6.58 Å². The summed E-state index contributed by atoms with van der Waals surface area (Å²) in [7, 11) is 0. The van der Waals surface area contributed by atoms with Crippen LogP contribution in [-0.2, 0) is 9.53 Å². The lowest BCUT2D eigenvalue weighted by molar-refractivity contribution is -0.139. The molecule has 0 bridgehead atoms. The fourth-order valence-electron chi connectivity index (χ4n) is 1.15. The van der Waals surface area contributed by atoms with Gasteiger partial charge in [-0.1, -0.05) is 6.08 Å². The summed E-state index contributed by atoms with van der Waals surface area (Å²) in [4.78, 5) is 11.0. The van der Waals surface area contributed by atoms with Crippen molar-refractivity contribution in [2.75, 3.05) is 0 Å². The van der Waals surface area contributed by atoms with Crippen LogP contribution >= 0.6 is 0 Å².